The number of nitrogens with zero attached hydrogens (tertiary/aromatic N) is 6. The highest BCUT2D eigenvalue weighted by atomic mass is 16.4. The number of oxazole rings is 2. The number of pyridine rings is 1. The summed E-state index contributed by atoms with van der Waals surface area (Å²) in [5, 5.41) is 1.09. The van der Waals surface area contributed by atoms with E-state index in [1.807, 2.05) is 121 Å². The van der Waals surface area contributed by atoms with Gasteiger partial charge in [0.1, 0.15) is 11.0 Å². The molecule has 0 aliphatic heterocycles. The first-order valence-electron chi connectivity index (χ1n) is 16.9. The van der Waals surface area contributed by atoms with Crippen LogP contribution in [-0.2, 0) is 0 Å². The zero-order valence-corrected chi connectivity index (χ0v) is 27.5. The molecule has 0 spiro atoms. The Hall–Kier alpha value is -7.32. The summed E-state index contributed by atoms with van der Waals surface area (Å²) in [5.41, 5.74) is 10.1. The molecule has 0 radical (unpaired) electrons. The molecular formula is C44H26N6O2. The van der Waals surface area contributed by atoms with Crippen molar-refractivity contribution in [3.63, 3.8) is 0 Å². The lowest BCUT2D eigenvalue weighted by molar-refractivity contribution is 0.619. The molecule has 0 amide bonds. The monoisotopic (exact) mass is 670 g/mol. The van der Waals surface area contributed by atoms with Gasteiger partial charge in [0.05, 0.1) is 5.52 Å². The van der Waals surface area contributed by atoms with Gasteiger partial charge in [-0.1, -0.05) is 84.9 Å². The molecule has 8 heteroatoms. The molecule has 10 rings (SSSR count). The van der Waals surface area contributed by atoms with Crippen molar-refractivity contribution in [1.82, 2.24) is 29.9 Å². The Morgan fingerprint density at radius 3 is 1.44 bits per heavy atom. The number of aromatic nitrogens is 6. The maximum absolute atomic E-state index is 6.21. The topological polar surface area (TPSA) is 104 Å². The van der Waals surface area contributed by atoms with Gasteiger partial charge in [-0.25, -0.2) is 24.9 Å². The van der Waals surface area contributed by atoms with Gasteiger partial charge in [0.15, 0.2) is 28.6 Å². The smallest absolute Gasteiger partial charge is 0.227 e. The molecule has 0 bridgehead atoms. The Kier molecular flexibility index (Phi) is 6.95. The van der Waals surface area contributed by atoms with Gasteiger partial charge in [-0.3, -0.25) is 4.98 Å². The summed E-state index contributed by atoms with van der Waals surface area (Å²) in [6, 6.07) is 49.9. The first kappa shape index (κ1) is 29.6. The van der Waals surface area contributed by atoms with Crippen LogP contribution in [0.3, 0.4) is 0 Å². The average molecular weight is 671 g/mol. The van der Waals surface area contributed by atoms with Crippen LogP contribution in [-0.4, -0.2) is 29.9 Å². The molecule has 0 atom stereocenters. The zero-order chi connectivity index (χ0) is 34.4. The summed E-state index contributed by atoms with van der Waals surface area (Å²) in [7, 11) is 0. The Labute approximate surface area is 297 Å². The minimum absolute atomic E-state index is 0.504. The van der Waals surface area contributed by atoms with Crippen LogP contribution in [0.25, 0.3) is 101 Å². The summed E-state index contributed by atoms with van der Waals surface area (Å²) in [4.78, 5) is 29.1. The first-order valence-corrected chi connectivity index (χ1v) is 16.9. The molecule has 8 nitrogen and oxygen atoms in total. The van der Waals surface area contributed by atoms with Crippen molar-refractivity contribution in [2.45, 2.75) is 0 Å². The molecule has 6 aromatic carbocycles. The van der Waals surface area contributed by atoms with Crippen molar-refractivity contribution >= 4 is 33.1 Å². The maximum Gasteiger partial charge on any atom is 0.227 e. The lowest BCUT2D eigenvalue weighted by atomic mass is 10.0. The second-order valence-electron chi connectivity index (χ2n) is 12.4. The van der Waals surface area contributed by atoms with Crippen molar-refractivity contribution in [3.8, 4) is 68.2 Å². The number of hydrogen-bond donors (Lipinski definition) is 0. The molecule has 52 heavy (non-hydrogen) atoms. The molecule has 0 saturated carbocycles. The summed E-state index contributed by atoms with van der Waals surface area (Å²) in [6.07, 6.45) is 1.82. The number of rotatable bonds is 6. The summed E-state index contributed by atoms with van der Waals surface area (Å²) >= 11 is 0. The fraction of sp³-hybridized carbons (Fsp3) is 0. The van der Waals surface area contributed by atoms with E-state index in [1.54, 1.807) is 0 Å². The quantitative estimate of drug-likeness (QED) is 0.172. The molecule has 0 aliphatic carbocycles. The van der Waals surface area contributed by atoms with E-state index in [0.29, 0.717) is 40.4 Å². The average Bonchev–Trinajstić information content (AvgIpc) is 3.86. The molecule has 0 saturated heterocycles. The Balaban J connectivity index is 1.09. The van der Waals surface area contributed by atoms with Crippen LogP contribution < -0.4 is 0 Å². The third-order valence-electron chi connectivity index (χ3n) is 9.06. The first-order chi connectivity index (χ1) is 25.7. The normalized spacial score (nSPS) is 11.5. The van der Waals surface area contributed by atoms with Crippen molar-refractivity contribution in [2.24, 2.45) is 0 Å². The van der Waals surface area contributed by atoms with Crippen LogP contribution in [0.15, 0.2) is 167 Å². The fourth-order valence-electron chi connectivity index (χ4n) is 6.44. The molecule has 0 aliphatic rings. The predicted molar refractivity (Wildman–Crippen MR) is 203 cm³/mol. The third-order valence-corrected chi connectivity index (χ3v) is 9.06. The third kappa shape index (κ3) is 5.35. The predicted octanol–water partition coefficient (Wildman–Crippen LogP) is 10.7. The van der Waals surface area contributed by atoms with Gasteiger partial charge in [0, 0.05) is 45.0 Å². The SMILES string of the molecule is c1ccc(-c2nc3ccc(-c4nc(-c5ccc(-c6cccc7cccnc67)cc5)nc(-c5ccc6nc(-c7ccccc7)oc6c5)n4)cc3o2)cc1. The van der Waals surface area contributed by atoms with Crippen LogP contribution >= 0.6 is 0 Å². The highest BCUT2D eigenvalue weighted by Crippen LogP contribution is 2.33. The molecule has 0 fully saturated rings. The molecule has 0 unspecified atom stereocenters. The standard InChI is InChI=1S/C44H26N6O2/c1-3-9-30(10-4-1)43-46-35-22-20-32(25-37(35)51-43)41-48-40(29-18-16-27(17-19-29)34-15-7-13-28-14-8-24-45-39(28)34)49-42(50-41)33-21-23-36-38(26-33)52-44(47-36)31-11-5-2-6-12-31/h1-26H. The maximum atomic E-state index is 6.21. The lowest BCUT2D eigenvalue weighted by Crippen LogP contribution is -2.00. The zero-order valence-electron chi connectivity index (χ0n) is 27.5. The highest BCUT2D eigenvalue weighted by Gasteiger charge is 2.17. The van der Waals surface area contributed by atoms with Crippen LogP contribution in [0.5, 0.6) is 0 Å². The van der Waals surface area contributed by atoms with E-state index in [4.69, 9.17) is 33.8 Å². The minimum Gasteiger partial charge on any atom is -0.436 e. The van der Waals surface area contributed by atoms with Crippen LogP contribution in [0.1, 0.15) is 0 Å². The van der Waals surface area contributed by atoms with Crippen LogP contribution in [0, 0.1) is 0 Å². The number of fused-ring (bicyclic) bond motifs is 3. The van der Waals surface area contributed by atoms with E-state index in [2.05, 4.69) is 41.4 Å². The van der Waals surface area contributed by atoms with Gasteiger partial charge in [-0.05, 0) is 72.3 Å². The number of benzene rings is 6. The van der Waals surface area contributed by atoms with Gasteiger partial charge in [-0.2, -0.15) is 0 Å². The summed E-state index contributed by atoms with van der Waals surface area (Å²) in [5.74, 6) is 2.66. The van der Waals surface area contributed by atoms with Crippen molar-refractivity contribution in [3.05, 3.63) is 158 Å². The molecule has 244 valence electrons. The van der Waals surface area contributed by atoms with Gasteiger partial charge < -0.3 is 8.83 Å². The van der Waals surface area contributed by atoms with E-state index in [-0.39, 0.29) is 0 Å². The Morgan fingerprint density at radius 2 is 0.865 bits per heavy atom. The van der Waals surface area contributed by atoms with Crippen LogP contribution in [0.4, 0.5) is 0 Å². The van der Waals surface area contributed by atoms with Gasteiger partial charge in [0.2, 0.25) is 11.8 Å². The van der Waals surface area contributed by atoms with E-state index in [9.17, 15) is 0 Å². The van der Waals surface area contributed by atoms with Gasteiger partial charge >= 0.3 is 0 Å². The van der Waals surface area contributed by atoms with Crippen molar-refractivity contribution in [2.75, 3.05) is 0 Å². The highest BCUT2D eigenvalue weighted by molar-refractivity contribution is 5.93. The lowest BCUT2D eigenvalue weighted by Gasteiger charge is -2.10. The second-order valence-corrected chi connectivity index (χ2v) is 12.4. The summed E-state index contributed by atoms with van der Waals surface area (Å²) < 4.78 is 12.4. The molecular weight excluding hydrogens is 645 g/mol. The molecule has 0 N–H and O–H groups in total. The molecule has 4 aromatic heterocycles. The van der Waals surface area contributed by atoms with E-state index >= 15 is 0 Å². The second kappa shape index (κ2) is 12.2. The number of para-hydroxylation sites is 1. The van der Waals surface area contributed by atoms with E-state index < -0.39 is 0 Å². The molecule has 10 aromatic rings. The van der Waals surface area contributed by atoms with Gasteiger partial charge in [0.25, 0.3) is 0 Å². The van der Waals surface area contributed by atoms with Crippen LogP contribution in [0.2, 0.25) is 0 Å². The largest absolute Gasteiger partial charge is 0.436 e. The summed E-state index contributed by atoms with van der Waals surface area (Å²) in [6.45, 7) is 0. The van der Waals surface area contributed by atoms with Crippen molar-refractivity contribution in [1.29, 1.82) is 0 Å². The van der Waals surface area contributed by atoms with Gasteiger partial charge in [-0.15, -0.1) is 0 Å². The van der Waals surface area contributed by atoms with E-state index in [0.717, 1.165) is 60.9 Å². The number of hydrogen-bond acceptors (Lipinski definition) is 8. The van der Waals surface area contributed by atoms with Crippen molar-refractivity contribution < 1.29 is 8.83 Å². The Morgan fingerprint density at radius 1 is 0.365 bits per heavy atom. The van der Waals surface area contributed by atoms with E-state index in [1.165, 1.54) is 0 Å². The Bertz CT molecular complexity index is 2760. The fourth-order valence-corrected chi connectivity index (χ4v) is 6.44. The minimum atomic E-state index is 0.504. The molecule has 4 heterocycles.